The molecule has 166 valence electrons. The number of aryl methyl sites for hydroxylation is 1. The molecule has 1 N–H and O–H groups in total. The van der Waals surface area contributed by atoms with Crippen molar-refractivity contribution in [3.8, 4) is 5.75 Å². The van der Waals surface area contributed by atoms with E-state index >= 15 is 0 Å². The van der Waals surface area contributed by atoms with Crippen LogP contribution in [0.5, 0.6) is 5.75 Å². The number of likely N-dealkylation sites (N-methyl/N-ethyl adjacent to an activating group) is 1. The van der Waals surface area contributed by atoms with Gasteiger partial charge < -0.3 is 15.0 Å². The maximum atomic E-state index is 13.3. The summed E-state index contributed by atoms with van der Waals surface area (Å²) in [4.78, 5) is 27.7. The molecule has 2 amide bonds. The van der Waals surface area contributed by atoms with Gasteiger partial charge in [-0.05, 0) is 47.9 Å². The molecule has 3 aromatic rings. The van der Waals surface area contributed by atoms with E-state index in [9.17, 15) is 14.0 Å². The van der Waals surface area contributed by atoms with Gasteiger partial charge in [-0.2, -0.15) is 0 Å². The SMILES string of the molecule is CNC(=O)C(Cc1ccccc1)N(Cc1ccccc1C)C(=O)COc1ccc(F)cc1. The Morgan fingerprint density at radius 1 is 0.969 bits per heavy atom. The number of benzene rings is 3. The summed E-state index contributed by atoms with van der Waals surface area (Å²) in [7, 11) is 1.56. The number of nitrogens with zero attached hydrogens (tertiary/aromatic N) is 1. The first-order chi connectivity index (χ1) is 15.5. The molecule has 0 fully saturated rings. The summed E-state index contributed by atoms with van der Waals surface area (Å²) in [5.74, 6) is -0.581. The molecule has 0 saturated heterocycles. The van der Waals surface area contributed by atoms with Gasteiger partial charge in [0, 0.05) is 20.0 Å². The first-order valence-electron chi connectivity index (χ1n) is 10.5. The maximum absolute atomic E-state index is 13.3. The standard InChI is InChI=1S/C26H27FN2O3/c1-19-8-6-7-11-21(19)17-29(25(30)18-32-23-14-12-22(27)13-15-23)24(26(31)28-2)16-20-9-4-3-5-10-20/h3-15,24H,16-18H2,1-2H3,(H,28,31). The van der Waals surface area contributed by atoms with Gasteiger partial charge in [0.05, 0.1) is 0 Å². The minimum atomic E-state index is -0.716. The summed E-state index contributed by atoms with van der Waals surface area (Å²) >= 11 is 0. The van der Waals surface area contributed by atoms with Crippen LogP contribution in [0.1, 0.15) is 16.7 Å². The van der Waals surface area contributed by atoms with Crippen molar-refractivity contribution < 1.29 is 18.7 Å². The van der Waals surface area contributed by atoms with Gasteiger partial charge in [0.15, 0.2) is 6.61 Å². The molecule has 32 heavy (non-hydrogen) atoms. The molecule has 0 aliphatic heterocycles. The normalized spacial score (nSPS) is 11.5. The first-order valence-corrected chi connectivity index (χ1v) is 10.5. The highest BCUT2D eigenvalue weighted by Crippen LogP contribution is 2.18. The first kappa shape index (κ1) is 23.0. The van der Waals surface area contributed by atoms with Crippen molar-refractivity contribution in [1.29, 1.82) is 0 Å². The Kier molecular flexibility index (Phi) is 7.97. The average molecular weight is 435 g/mol. The van der Waals surface area contributed by atoms with E-state index in [0.717, 1.165) is 16.7 Å². The van der Waals surface area contributed by atoms with E-state index in [0.29, 0.717) is 12.2 Å². The van der Waals surface area contributed by atoms with E-state index in [1.165, 1.54) is 24.3 Å². The predicted molar refractivity (Wildman–Crippen MR) is 122 cm³/mol. The van der Waals surface area contributed by atoms with Gasteiger partial charge in [0.2, 0.25) is 5.91 Å². The number of rotatable bonds is 9. The van der Waals surface area contributed by atoms with Crippen LogP contribution in [0.4, 0.5) is 4.39 Å². The molecule has 1 unspecified atom stereocenters. The molecular formula is C26H27FN2O3. The van der Waals surface area contributed by atoms with E-state index in [4.69, 9.17) is 4.74 Å². The zero-order valence-corrected chi connectivity index (χ0v) is 18.3. The number of nitrogens with one attached hydrogen (secondary N) is 1. The van der Waals surface area contributed by atoms with Crippen molar-refractivity contribution in [1.82, 2.24) is 10.2 Å². The molecule has 0 aliphatic carbocycles. The molecular weight excluding hydrogens is 407 g/mol. The lowest BCUT2D eigenvalue weighted by atomic mass is 10.0. The number of halogens is 1. The number of hydrogen-bond donors (Lipinski definition) is 1. The average Bonchev–Trinajstić information content (AvgIpc) is 2.82. The van der Waals surface area contributed by atoms with Crippen LogP contribution in [0, 0.1) is 12.7 Å². The summed E-state index contributed by atoms with van der Waals surface area (Å²) in [6.45, 7) is 1.97. The summed E-state index contributed by atoms with van der Waals surface area (Å²) in [6, 6.07) is 22.1. The van der Waals surface area contributed by atoms with Crippen LogP contribution in [-0.2, 0) is 22.6 Å². The molecule has 0 bridgehead atoms. The van der Waals surface area contributed by atoms with Crippen LogP contribution in [-0.4, -0.2) is 36.4 Å². The van der Waals surface area contributed by atoms with Gasteiger partial charge in [-0.3, -0.25) is 9.59 Å². The fraction of sp³-hybridized carbons (Fsp3) is 0.231. The lowest BCUT2D eigenvalue weighted by molar-refractivity contribution is -0.142. The Balaban J connectivity index is 1.87. The summed E-state index contributed by atoms with van der Waals surface area (Å²) in [5.41, 5.74) is 2.92. The highest BCUT2D eigenvalue weighted by atomic mass is 19.1. The van der Waals surface area contributed by atoms with Gasteiger partial charge in [-0.1, -0.05) is 54.6 Å². The third kappa shape index (κ3) is 6.17. The fourth-order valence-electron chi connectivity index (χ4n) is 3.45. The minimum Gasteiger partial charge on any atom is -0.484 e. The van der Waals surface area contributed by atoms with E-state index in [1.807, 2.05) is 61.5 Å². The van der Waals surface area contributed by atoms with Crippen LogP contribution in [0.15, 0.2) is 78.9 Å². The monoisotopic (exact) mass is 434 g/mol. The molecule has 0 heterocycles. The third-order valence-electron chi connectivity index (χ3n) is 5.30. The van der Waals surface area contributed by atoms with Gasteiger partial charge in [0.1, 0.15) is 17.6 Å². The van der Waals surface area contributed by atoms with Crippen molar-refractivity contribution in [2.75, 3.05) is 13.7 Å². The smallest absolute Gasteiger partial charge is 0.261 e. The van der Waals surface area contributed by atoms with Crippen LogP contribution >= 0.6 is 0 Å². The number of carbonyl (C=O) groups excluding carboxylic acids is 2. The van der Waals surface area contributed by atoms with Crippen molar-refractivity contribution in [3.05, 3.63) is 101 Å². The van der Waals surface area contributed by atoms with Crippen LogP contribution in [0.2, 0.25) is 0 Å². The van der Waals surface area contributed by atoms with Crippen LogP contribution in [0.3, 0.4) is 0 Å². The minimum absolute atomic E-state index is 0.252. The fourth-order valence-corrected chi connectivity index (χ4v) is 3.45. The topological polar surface area (TPSA) is 58.6 Å². The molecule has 6 heteroatoms. The number of ether oxygens (including phenoxy) is 1. The highest BCUT2D eigenvalue weighted by molar-refractivity contribution is 5.88. The van der Waals surface area contributed by atoms with Crippen LogP contribution in [0.25, 0.3) is 0 Å². The summed E-state index contributed by atoms with van der Waals surface area (Å²) in [6.07, 6.45) is 0.370. The van der Waals surface area contributed by atoms with E-state index in [-0.39, 0.29) is 30.8 Å². The molecule has 0 aliphatic rings. The summed E-state index contributed by atoms with van der Waals surface area (Å²) in [5, 5.41) is 2.69. The second-order valence-corrected chi connectivity index (χ2v) is 7.51. The zero-order chi connectivity index (χ0) is 22.9. The molecule has 0 radical (unpaired) electrons. The molecule has 1 atom stereocenters. The number of hydrogen-bond acceptors (Lipinski definition) is 3. The predicted octanol–water partition coefficient (Wildman–Crippen LogP) is 3.90. The van der Waals surface area contributed by atoms with Gasteiger partial charge >= 0.3 is 0 Å². The Morgan fingerprint density at radius 3 is 2.28 bits per heavy atom. The molecule has 3 aromatic carbocycles. The lowest BCUT2D eigenvalue weighted by Crippen LogP contribution is -2.51. The zero-order valence-electron chi connectivity index (χ0n) is 18.3. The second kappa shape index (κ2) is 11.1. The lowest BCUT2D eigenvalue weighted by Gasteiger charge is -2.31. The second-order valence-electron chi connectivity index (χ2n) is 7.51. The molecule has 0 saturated carbocycles. The quantitative estimate of drug-likeness (QED) is 0.556. The molecule has 3 rings (SSSR count). The van der Waals surface area contributed by atoms with Crippen molar-refractivity contribution >= 4 is 11.8 Å². The van der Waals surface area contributed by atoms with Gasteiger partial charge in [0.25, 0.3) is 5.91 Å². The Hall–Kier alpha value is -3.67. The van der Waals surface area contributed by atoms with E-state index in [1.54, 1.807) is 11.9 Å². The maximum Gasteiger partial charge on any atom is 0.261 e. The summed E-state index contributed by atoms with van der Waals surface area (Å²) < 4.78 is 18.8. The van der Waals surface area contributed by atoms with Crippen molar-refractivity contribution in [2.45, 2.75) is 25.9 Å². The molecule has 5 nitrogen and oxygen atoms in total. The molecule has 0 spiro atoms. The molecule has 0 aromatic heterocycles. The Labute approximate surface area is 187 Å². The highest BCUT2D eigenvalue weighted by Gasteiger charge is 2.30. The van der Waals surface area contributed by atoms with Crippen LogP contribution < -0.4 is 10.1 Å². The van der Waals surface area contributed by atoms with Crippen molar-refractivity contribution in [3.63, 3.8) is 0 Å². The van der Waals surface area contributed by atoms with Gasteiger partial charge in [-0.25, -0.2) is 4.39 Å². The Morgan fingerprint density at radius 2 is 1.62 bits per heavy atom. The third-order valence-corrected chi connectivity index (χ3v) is 5.30. The number of carbonyl (C=O) groups is 2. The van der Waals surface area contributed by atoms with Gasteiger partial charge in [-0.15, -0.1) is 0 Å². The van der Waals surface area contributed by atoms with E-state index in [2.05, 4.69) is 5.32 Å². The van der Waals surface area contributed by atoms with E-state index < -0.39 is 6.04 Å². The Bertz CT molecular complexity index is 1040. The number of amides is 2. The largest absolute Gasteiger partial charge is 0.484 e. The van der Waals surface area contributed by atoms with Crippen molar-refractivity contribution in [2.24, 2.45) is 0 Å².